The van der Waals surface area contributed by atoms with Gasteiger partial charge in [0.25, 0.3) is 0 Å². The summed E-state index contributed by atoms with van der Waals surface area (Å²) in [4.78, 5) is 7.11. The van der Waals surface area contributed by atoms with E-state index in [0.29, 0.717) is 6.54 Å². The van der Waals surface area contributed by atoms with Gasteiger partial charge in [0.2, 0.25) is 0 Å². The first-order valence-corrected chi connectivity index (χ1v) is 5.27. The molecule has 2 aromatic heterocycles. The van der Waals surface area contributed by atoms with Crippen LogP contribution in [0.2, 0.25) is 0 Å². The van der Waals surface area contributed by atoms with Crippen molar-refractivity contribution in [3.05, 3.63) is 36.0 Å². The van der Waals surface area contributed by atoms with Gasteiger partial charge in [-0.2, -0.15) is 0 Å². The lowest BCUT2D eigenvalue weighted by Crippen LogP contribution is -1.92. The molecule has 0 bridgehead atoms. The molecule has 0 aliphatic carbocycles. The molecule has 3 N–H and O–H groups in total. The molecule has 0 spiro atoms. The Hall–Kier alpha value is -1.20. The number of nitrogens with one attached hydrogen (secondary N) is 1. The van der Waals surface area contributed by atoms with Crippen LogP contribution in [0.5, 0.6) is 0 Å². The molecule has 4 nitrogen and oxygen atoms in total. The topological polar surface area (TPSA) is 67.8 Å². The summed E-state index contributed by atoms with van der Waals surface area (Å²) in [5, 5.41) is 0.899. The SMILES string of the molecule is NCc1ccc(CSc2ncc[nH]2)o1. The highest BCUT2D eigenvalue weighted by Crippen LogP contribution is 2.20. The molecule has 0 saturated heterocycles. The highest BCUT2D eigenvalue weighted by atomic mass is 32.2. The van der Waals surface area contributed by atoms with Crippen LogP contribution < -0.4 is 5.73 Å². The van der Waals surface area contributed by atoms with Gasteiger partial charge in [-0.3, -0.25) is 0 Å². The Balaban J connectivity index is 1.92. The average Bonchev–Trinajstić information content (AvgIpc) is 2.86. The van der Waals surface area contributed by atoms with Crippen molar-refractivity contribution < 1.29 is 4.42 Å². The predicted octanol–water partition coefficient (Wildman–Crippen LogP) is 1.75. The first-order chi connectivity index (χ1) is 6.88. The molecule has 74 valence electrons. The summed E-state index contributed by atoms with van der Waals surface area (Å²) >= 11 is 1.60. The van der Waals surface area contributed by atoms with E-state index in [2.05, 4.69) is 9.97 Å². The largest absolute Gasteiger partial charge is 0.464 e. The first kappa shape index (κ1) is 9.36. The number of hydrogen-bond donors (Lipinski definition) is 2. The Morgan fingerprint density at radius 1 is 1.43 bits per heavy atom. The molecule has 2 heterocycles. The summed E-state index contributed by atoms with van der Waals surface area (Å²) in [7, 11) is 0. The third-order valence-electron chi connectivity index (χ3n) is 1.74. The molecule has 0 aliphatic heterocycles. The lowest BCUT2D eigenvalue weighted by molar-refractivity contribution is 0.482. The molecule has 0 atom stereocenters. The van der Waals surface area contributed by atoms with E-state index in [1.807, 2.05) is 12.1 Å². The predicted molar refractivity (Wildman–Crippen MR) is 54.7 cm³/mol. The maximum atomic E-state index is 5.44. The van der Waals surface area contributed by atoms with E-state index < -0.39 is 0 Å². The number of furan rings is 1. The van der Waals surface area contributed by atoms with Crippen molar-refractivity contribution >= 4 is 11.8 Å². The van der Waals surface area contributed by atoms with E-state index in [-0.39, 0.29) is 0 Å². The van der Waals surface area contributed by atoms with Crippen molar-refractivity contribution in [2.75, 3.05) is 0 Å². The zero-order valence-corrected chi connectivity index (χ0v) is 8.38. The summed E-state index contributed by atoms with van der Waals surface area (Å²) in [5.74, 6) is 2.51. The summed E-state index contributed by atoms with van der Waals surface area (Å²) in [6.45, 7) is 0.450. The van der Waals surface area contributed by atoms with Gasteiger partial charge in [0.05, 0.1) is 12.3 Å². The molecule has 0 amide bonds. The molecule has 2 aromatic rings. The van der Waals surface area contributed by atoms with Crippen LogP contribution in [-0.2, 0) is 12.3 Å². The maximum absolute atomic E-state index is 5.44. The van der Waals surface area contributed by atoms with Crippen molar-refractivity contribution in [2.24, 2.45) is 5.73 Å². The minimum Gasteiger partial charge on any atom is -0.464 e. The highest BCUT2D eigenvalue weighted by Gasteiger charge is 2.02. The van der Waals surface area contributed by atoms with Crippen LogP contribution >= 0.6 is 11.8 Å². The second kappa shape index (κ2) is 4.34. The Kier molecular flexibility index (Phi) is 2.90. The van der Waals surface area contributed by atoms with Crippen molar-refractivity contribution in [1.29, 1.82) is 0 Å². The Morgan fingerprint density at radius 3 is 2.93 bits per heavy atom. The van der Waals surface area contributed by atoms with Crippen LogP contribution in [0.4, 0.5) is 0 Å². The molecule has 5 heteroatoms. The molecule has 0 aliphatic rings. The molecule has 0 fully saturated rings. The zero-order chi connectivity index (χ0) is 9.80. The van der Waals surface area contributed by atoms with Gasteiger partial charge in [0.1, 0.15) is 11.5 Å². The van der Waals surface area contributed by atoms with Crippen LogP contribution in [0.3, 0.4) is 0 Å². The van der Waals surface area contributed by atoms with Crippen LogP contribution in [-0.4, -0.2) is 9.97 Å². The molecule has 0 saturated carbocycles. The molecule has 14 heavy (non-hydrogen) atoms. The Labute approximate surface area is 85.9 Å². The Morgan fingerprint density at radius 2 is 2.29 bits per heavy atom. The quantitative estimate of drug-likeness (QED) is 0.753. The van der Waals surface area contributed by atoms with E-state index in [1.54, 1.807) is 24.2 Å². The lowest BCUT2D eigenvalue weighted by Gasteiger charge is -1.94. The smallest absolute Gasteiger partial charge is 0.165 e. The van der Waals surface area contributed by atoms with Gasteiger partial charge >= 0.3 is 0 Å². The molecule has 2 rings (SSSR count). The highest BCUT2D eigenvalue weighted by molar-refractivity contribution is 7.98. The van der Waals surface area contributed by atoms with Gasteiger partial charge in [-0.05, 0) is 12.1 Å². The van der Waals surface area contributed by atoms with Crippen molar-refractivity contribution in [2.45, 2.75) is 17.5 Å². The number of H-pyrrole nitrogens is 1. The van der Waals surface area contributed by atoms with E-state index in [4.69, 9.17) is 10.2 Å². The molecule has 0 aromatic carbocycles. The number of nitrogens with zero attached hydrogens (tertiary/aromatic N) is 1. The molecule has 0 radical (unpaired) electrons. The molecular weight excluding hydrogens is 198 g/mol. The van der Waals surface area contributed by atoms with Crippen LogP contribution in [0.25, 0.3) is 0 Å². The van der Waals surface area contributed by atoms with Gasteiger partial charge in [-0.15, -0.1) is 0 Å². The van der Waals surface area contributed by atoms with Gasteiger partial charge in [0, 0.05) is 12.4 Å². The van der Waals surface area contributed by atoms with Crippen LogP contribution in [0.15, 0.2) is 34.1 Å². The average molecular weight is 209 g/mol. The second-order valence-electron chi connectivity index (χ2n) is 2.76. The van der Waals surface area contributed by atoms with Gasteiger partial charge in [-0.25, -0.2) is 4.98 Å². The number of imidazole rings is 1. The lowest BCUT2D eigenvalue weighted by atomic mass is 10.4. The van der Waals surface area contributed by atoms with E-state index in [9.17, 15) is 0 Å². The number of hydrogen-bond acceptors (Lipinski definition) is 4. The van der Waals surface area contributed by atoms with Gasteiger partial charge in [0.15, 0.2) is 5.16 Å². The van der Waals surface area contributed by atoms with E-state index >= 15 is 0 Å². The van der Waals surface area contributed by atoms with E-state index in [0.717, 1.165) is 22.4 Å². The number of thioether (sulfide) groups is 1. The van der Waals surface area contributed by atoms with Crippen LogP contribution in [0, 0.1) is 0 Å². The van der Waals surface area contributed by atoms with Crippen LogP contribution in [0.1, 0.15) is 11.5 Å². The summed E-state index contributed by atoms with van der Waals surface area (Å²) in [5.41, 5.74) is 5.43. The maximum Gasteiger partial charge on any atom is 0.165 e. The monoisotopic (exact) mass is 209 g/mol. The standard InChI is InChI=1S/C9H11N3OS/c10-5-7-1-2-8(13-7)6-14-9-11-3-4-12-9/h1-4H,5-6,10H2,(H,11,12). The third kappa shape index (κ3) is 2.18. The van der Waals surface area contributed by atoms with Crippen molar-refractivity contribution in [3.63, 3.8) is 0 Å². The number of aromatic nitrogens is 2. The fraction of sp³-hybridized carbons (Fsp3) is 0.222. The minimum atomic E-state index is 0.450. The number of aromatic amines is 1. The second-order valence-corrected chi connectivity index (χ2v) is 3.72. The summed E-state index contributed by atoms with van der Waals surface area (Å²) in [6, 6.07) is 3.84. The number of nitrogens with two attached hydrogens (primary N) is 1. The first-order valence-electron chi connectivity index (χ1n) is 4.28. The Bertz CT molecular complexity index is 382. The fourth-order valence-electron chi connectivity index (χ4n) is 1.08. The normalized spacial score (nSPS) is 10.6. The molecular formula is C9H11N3OS. The van der Waals surface area contributed by atoms with Gasteiger partial charge in [-0.1, -0.05) is 11.8 Å². The minimum absolute atomic E-state index is 0.450. The summed E-state index contributed by atoms with van der Waals surface area (Å²) < 4.78 is 5.44. The summed E-state index contributed by atoms with van der Waals surface area (Å²) in [6.07, 6.45) is 3.53. The van der Waals surface area contributed by atoms with E-state index in [1.165, 1.54) is 0 Å². The zero-order valence-electron chi connectivity index (χ0n) is 7.56. The fourth-order valence-corrected chi connectivity index (χ4v) is 1.80. The number of rotatable bonds is 4. The molecule has 0 unspecified atom stereocenters. The van der Waals surface area contributed by atoms with Crippen molar-refractivity contribution in [3.8, 4) is 0 Å². The van der Waals surface area contributed by atoms with Crippen molar-refractivity contribution in [1.82, 2.24) is 9.97 Å². The van der Waals surface area contributed by atoms with Gasteiger partial charge < -0.3 is 15.1 Å². The third-order valence-corrected chi connectivity index (χ3v) is 2.67.